The number of carbonyl (C=O) groups is 1. The number of hydrazone groups is 1. The average Bonchev–Trinajstić information content (AvgIpc) is 2.85. The molecular formula is C11H12N4O5S. The van der Waals surface area contributed by atoms with Crippen LogP contribution in [0.3, 0.4) is 0 Å². The normalized spacial score (nSPS) is 17.8. The molecule has 2 rings (SSSR count). The van der Waals surface area contributed by atoms with Gasteiger partial charge in [-0.3, -0.25) is 10.1 Å². The first-order valence-electron chi connectivity index (χ1n) is 5.93. The molecule has 0 fully saturated rings. The van der Waals surface area contributed by atoms with Crippen molar-refractivity contribution in [2.45, 2.75) is 11.8 Å². The minimum absolute atomic E-state index is 0.0181. The van der Waals surface area contributed by atoms with E-state index in [2.05, 4.69) is 5.10 Å². The van der Waals surface area contributed by atoms with Gasteiger partial charge in [0.05, 0.1) is 11.5 Å². The quantitative estimate of drug-likeness (QED) is 0.657. The molecule has 0 saturated heterocycles. The number of sulfonamides is 1. The SMILES string of the molecule is CC1C=NN(C(=O)NS(=O)(=O)c2ccccc2[N+](=O)[O-])C1. The third-order valence-electron chi connectivity index (χ3n) is 2.73. The van der Waals surface area contributed by atoms with Crippen LogP contribution in [0.2, 0.25) is 0 Å². The Morgan fingerprint density at radius 2 is 2.14 bits per heavy atom. The molecule has 0 aromatic heterocycles. The van der Waals surface area contributed by atoms with Crippen LogP contribution < -0.4 is 4.72 Å². The van der Waals surface area contributed by atoms with E-state index < -0.39 is 31.6 Å². The van der Waals surface area contributed by atoms with Gasteiger partial charge in [-0.15, -0.1) is 0 Å². The molecule has 1 heterocycles. The lowest BCUT2D eigenvalue weighted by Gasteiger charge is -2.14. The second kappa shape index (κ2) is 5.48. The van der Waals surface area contributed by atoms with Crippen molar-refractivity contribution >= 4 is 28.0 Å². The van der Waals surface area contributed by atoms with E-state index in [0.717, 1.165) is 17.1 Å². The Hall–Kier alpha value is -2.49. The first kappa shape index (κ1) is 14.9. The predicted molar refractivity (Wildman–Crippen MR) is 73.2 cm³/mol. The fourth-order valence-electron chi connectivity index (χ4n) is 1.75. The Bertz CT molecular complexity index is 715. The van der Waals surface area contributed by atoms with E-state index in [4.69, 9.17) is 0 Å². The number of para-hydroxylation sites is 1. The van der Waals surface area contributed by atoms with Gasteiger partial charge in [0.25, 0.3) is 15.7 Å². The molecule has 1 aromatic rings. The molecule has 9 nitrogen and oxygen atoms in total. The maximum atomic E-state index is 12.1. The van der Waals surface area contributed by atoms with Crippen LogP contribution in [0.15, 0.2) is 34.3 Å². The minimum atomic E-state index is -4.35. The molecule has 0 saturated carbocycles. The standard InChI is InChI=1S/C11H12N4O5S/c1-8-6-12-14(7-8)11(16)13-21(19,20)10-5-3-2-4-9(10)15(17)18/h2-6,8H,7H2,1H3,(H,13,16). The fourth-order valence-corrected chi connectivity index (χ4v) is 2.88. The fraction of sp³-hybridized carbons (Fsp3) is 0.273. The van der Waals surface area contributed by atoms with Crippen LogP contribution in [0, 0.1) is 16.0 Å². The third-order valence-corrected chi connectivity index (χ3v) is 4.10. The smallest absolute Gasteiger partial charge is 0.258 e. The molecule has 0 aliphatic carbocycles. The van der Waals surface area contributed by atoms with Gasteiger partial charge in [0.2, 0.25) is 0 Å². The highest BCUT2D eigenvalue weighted by Gasteiger charge is 2.30. The number of nitrogens with zero attached hydrogens (tertiary/aromatic N) is 3. The van der Waals surface area contributed by atoms with Crippen molar-refractivity contribution in [1.29, 1.82) is 0 Å². The molecule has 21 heavy (non-hydrogen) atoms. The molecule has 112 valence electrons. The number of hydrogen-bond acceptors (Lipinski definition) is 6. The summed E-state index contributed by atoms with van der Waals surface area (Å²) in [6.07, 6.45) is 1.51. The number of benzene rings is 1. The van der Waals surface area contributed by atoms with Gasteiger partial charge in [-0.1, -0.05) is 19.1 Å². The summed E-state index contributed by atoms with van der Waals surface area (Å²) in [6, 6.07) is 3.83. The van der Waals surface area contributed by atoms with E-state index >= 15 is 0 Å². The van der Waals surface area contributed by atoms with Crippen LogP contribution in [0.25, 0.3) is 0 Å². The lowest BCUT2D eigenvalue weighted by molar-refractivity contribution is -0.387. The Morgan fingerprint density at radius 3 is 2.71 bits per heavy atom. The molecule has 1 aliphatic heterocycles. The predicted octanol–water partition coefficient (Wildman–Crippen LogP) is 0.931. The third kappa shape index (κ3) is 3.16. The van der Waals surface area contributed by atoms with Crippen molar-refractivity contribution in [3.8, 4) is 0 Å². The molecular weight excluding hydrogens is 300 g/mol. The van der Waals surface area contributed by atoms with Gasteiger partial charge in [0.15, 0.2) is 4.90 Å². The molecule has 1 N–H and O–H groups in total. The number of nitrogens with one attached hydrogen (secondary N) is 1. The monoisotopic (exact) mass is 312 g/mol. The largest absolute Gasteiger partial charge is 0.351 e. The van der Waals surface area contributed by atoms with Crippen LogP contribution >= 0.6 is 0 Å². The summed E-state index contributed by atoms with van der Waals surface area (Å²) < 4.78 is 26.0. The summed E-state index contributed by atoms with van der Waals surface area (Å²) >= 11 is 0. The van der Waals surface area contributed by atoms with Gasteiger partial charge in [0, 0.05) is 18.2 Å². The van der Waals surface area contributed by atoms with E-state index in [1.54, 1.807) is 4.72 Å². The first-order valence-corrected chi connectivity index (χ1v) is 7.41. The van der Waals surface area contributed by atoms with E-state index in [9.17, 15) is 23.3 Å². The zero-order valence-corrected chi connectivity index (χ0v) is 11.8. The second-order valence-corrected chi connectivity index (χ2v) is 6.11. The van der Waals surface area contributed by atoms with E-state index in [-0.39, 0.29) is 12.5 Å². The van der Waals surface area contributed by atoms with E-state index in [1.807, 2.05) is 6.92 Å². The van der Waals surface area contributed by atoms with E-state index in [0.29, 0.717) is 0 Å². The highest BCUT2D eigenvalue weighted by molar-refractivity contribution is 7.90. The average molecular weight is 312 g/mol. The second-order valence-electron chi connectivity index (χ2n) is 4.46. The lowest BCUT2D eigenvalue weighted by atomic mass is 10.2. The Kier molecular flexibility index (Phi) is 3.89. The molecule has 1 unspecified atom stereocenters. The summed E-state index contributed by atoms with van der Waals surface area (Å²) in [5.41, 5.74) is -0.601. The Labute approximate surface area is 120 Å². The summed E-state index contributed by atoms with van der Waals surface area (Å²) in [5.74, 6) is 0.0181. The Morgan fingerprint density at radius 1 is 1.48 bits per heavy atom. The zero-order valence-electron chi connectivity index (χ0n) is 11.0. The van der Waals surface area contributed by atoms with Gasteiger partial charge in [0.1, 0.15) is 0 Å². The summed E-state index contributed by atoms with van der Waals surface area (Å²) in [4.78, 5) is 21.3. The van der Waals surface area contributed by atoms with Crippen LogP contribution in [0.5, 0.6) is 0 Å². The van der Waals surface area contributed by atoms with Crippen molar-refractivity contribution in [3.05, 3.63) is 34.4 Å². The number of carbonyl (C=O) groups excluding carboxylic acids is 1. The van der Waals surface area contributed by atoms with Crippen molar-refractivity contribution in [2.24, 2.45) is 11.0 Å². The number of rotatable bonds is 3. The molecule has 1 aromatic carbocycles. The Balaban J connectivity index is 2.25. The van der Waals surface area contributed by atoms with Gasteiger partial charge in [-0.2, -0.15) is 5.10 Å². The van der Waals surface area contributed by atoms with Gasteiger partial charge >= 0.3 is 6.03 Å². The number of amides is 2. The molecule has 2 amide bonds. The lowest BCUT2D eigenvalue weighted by Crippen LogP contribution is -2.40. The van der Waals surface area contributed by atoms with Crippen LogP contribution in [-0.4, -0.2) is 37.1 Å². The highest BCUT2D eigenvalue weighted by atomic mass is 32.2. The summed E-state index contributed by atoms with van der Waals surface area (Å²) in [6.45, 7) is 2.06. The van der Waals surface area contributed by atoms with Gasteiger partial charge in [-0.25, -0.2) is 22.9 Å². The minimum Gasteiger partial charge on any atom is -0.258 e. The maximum Gasteiger partial charge on any atom is 0.351 e. The number of nitro benzene ring substituents is 1. The van der Waals surface area contributed by atoms with Crippen molar-refractivity contribution in [2.75, 3.05) is 6.54 Å². The van der Waals surface area contributed by atoms with Crippen LogP contribution in [0.1, 0.15) is 6.92 Å². The van der Waals surface area contributed by atoms with Crippen molar-refractivity contribution in [1.82, 2.24) is 9.73 Å². The molecule has 0 spiro atoms. The molecule has 10 heteroatoms. The van der Waals surface area contributed by atoms with E-state index in [1.165, 1.54) is 18.3 Å². The molecule has 1 atom stereocenters. The number of nitro groups is 1. The molecule has 1 aliphatic rings. The highest BCUT2D eigenvalue weighted by Crippen LogP contribution is 2.22. The van der Waals surface area contributed by atoms with Crippen molar-refractivity contribution in [3.63, 3.8) is 0 Å². The van der Waals surface area contributed by atoms with Crippen molar-refractivity contribution < 1.29 is 18.1 Å². The topological polar surface area (TPSA) is 122 Å². The van der Waals surface area contributed by atoms with Gasteiger partial charge in [-0.05, 0) is 6.07 Å². The summed E-state index contributed by atoms with van der Waals surface area (Å²) in [5, 5.41) is 15.6. The maximum absolute atomic E-state index is 12.1. The van der Waals surface area contributed by atoms with Crippen LogP contribution in [-0.2, 0) is 10.0 Å². The molecule has 0 radical (unpaired) electrons. The first-order chi connectivity index (χ1) is 9.81. The number of hydrogen-bond donors (Lipinski definition) is 1. The number of urea groups is 1. The zero-order chi connectivity index (χ0) is 15.6. The summed E-state index contributed by atoms with van der Waals surface area (Å²) in [7, 11) is -4.35. The van der Waals surface area contributed by atoms with Crippen LogP contribution in [0.4, 0.5) is 10.5 Å². The molecule has 0 bridgehead atoms. The van der Waals surface area contributed by atoms with Gasteiger partial charge < -0.3 is 0 Å².